The predicted octanol–water partition coefficient (Wildman–Crippen LogP) is 1.58. The molecule has 0 unspecified atom stereocenters. The highest BCUT2D eigenvalue weighted by Gasteiger charge is 2.05. The van der Waals surface area contributed by atoms with Crippen LogP contribution in [-0.2, 0) is 0 Å². The first-order chi connectivity index (χ1) is 7.24. The molecular formula is C11H17N3O. The molecule has 0 aliphatic rings. The third-order valence-electron chi connectivity index (χ3n) is 2.07. The van der Waals surface area contributed by atoms with E-state index in [1.54, 1.807) is 18.2 Å². The van der Waals surface area contributed by atoms with Gasteiger partial charge in [-0.15, -0.1) is 0 Å². The van der Waals surface area contributed by atoms with Crippen LogP contribution in [-0.4, -0.2) is 17.4 Å². The maximum Gasteiger partial charge on any atom is 0.269 e. The lowest BCUT2D eigenvalue weighted by Gasteiger charge is -2.04. The van der Waals surface area contributed by atoms with Gasteiger partial charge in [0.1, 0.15) is 11.5 Å². The van der Waals surface area contributed by atoms with Crippen molar-refractivity contribution < 1.29 is 4.79 Å². The second kappa shape index (κ2) is 6.01. The zero-order valence-electron chi connectivity index (χ0n) is 8.99. The lowest BCUT2D eigenvalue weighted by atomic mass is 10.2. The molecule has 3 N–H and O–H groups in total. The first kappa shape index (κ1) is 11.5. The monoisotopic (exact) mass is 207 g/mol. The molecule has 0 aliphatic heterocycles. The summed E-state index contributed by atoms with van der Waals surface area (Å²) in [7, 11) is 0. The predicted molar refractivity (Wildman–Crippen MR) is 60.5 cm³/mol. The van der Waals surface area contributed by atoms with Gasteiger partial charge in [-0.3, -0.25) is 4.79 Å². The van der Waals surface area contributed by atoms with Crippen LogP contribution in [0, 0.1) is 0 Å². The van der Waals surface area contributed by atoms with Crippen molar-refractivity contribution in [3.8, 4) is 0 Å². The number of nitrogen functional groups attached to an aromatic ring is 1. The number of anilines is 1. The fraction of sp³-hybridized carbons (Fsp3) is 0.455. The molecule has 0 atom stereocenters. The van der Waals surface area contributed by atoms with Crippen LogP contribution in [0.3, 0.4) is 0 Å². The molecule has 0 aliphatic carbocycles. The highest BCUT2D eigenvalue weighted by atomic mass is 16.1. The summed E-state index contributed by atoms with van der Waals surface area (Å²) in [5, 5.41) is 2.80. The lowest BCUT2D eigenvalue weighted by molar-refractivity contribution is 0.0948. The molecule has 1 rings (SSSR count). The summed E-state index contributed by atoms with van der Waals surface area (Å²) in [6.07, 6.45) is 3.28. The van der Waals surface area contributed by atoms with E-state index in [0.29, 0.717) is 18.1 Å². The molecular weight excluding hydrogens is 190 g/mol. The van der Waals surface area contributed by atoms with Gasteiger partial charge < -0.3 is 11.1 Å². The minimum absolute atomic E-state index is 0.154. The topological polar surface area (TPSA) is 68.0 Å². The van der Waals surface area contributed by atoms with Gasteiger partial charge in [-0.25, -0.2) is 4.98 Å². The van der Waals surface area contributed by atoms with Gasteiger partial charge in [-0.2, -0.15) is 0 Å². The molecule has 0 bridgehead atoms. The molecule has 82 valence electrons. The summed E-state index contributed by atoms with van der Waals surface area (Å²) in [5.41, 5.74) is 5.86. The Morgan fingerprint density at radius 1 is 1.47 bits per heavy atom. The zero-order valence-corrected chi connectivity index (χ0v) is 8.99. The molecule has 0 saturated carbocycles. The Labute approximate surface area is 89.9 Å². The Morgan fingerprint density at radius 2 is 2.27 bits per heavy atom. The number of nitrogens with one attached hydrogen (secondary N) is 1. The van der Waals surface area contributed by atoms with E-state index in [2.05, 4.69) is 17.2 Å². The SMILES string of the molecule is CCCCCNC(=O)c1cccc(N)n1. The second-order valence-electron chi connectivity index (χ2n) is 3.41. The van der Waals surface area contributed by atoms with E-state index in [1.807, 2.05) is 0 Å². The summed E-state index contributed by atoms with van der Waals surface area (Å²) in [6.45, 7) is 2.82. The minimum Gasteiger partial charge on any atom is -0.384 e. The van der Waals surface area contributed by atoms with E-state index in [0.717, 1.165) is 19.3 Å². The van der Waals surface area contributed by atoms with Gasteiger partial charge in [0.2, 0.25) is 0 Å². The number of carbonyl (C=O) groups is 1. The number of hydrogen-bond acceptors (Lipinski definition) is 3. The smallest absolute Gasteiger partial charge is 0.269 e. The van der Waals surface area contributed by atoms with Gasteiger partial charge >= 0.3 is 0 Å². The van der Waals surface area contributed by atoms with E-state index in [4.69, 9.17) is 5.73 Å². The fourth-order valence-electron chi connectivity index (χ4n) is 1.25. The number of nitrogens with two attached hydrogens (primary N) is 1. The van der Waals surface area contributed by atoms with E-state index in [9.17, 15) is 4.79 Å². The van der Waals surface area contributed by atoms with Gasteiger partial charge in [0.05, 0.1) is 0 Å². The maximum atomic E-state index is 11.5. The first-order valence-electron chi connectivity index (χ1n) is 5.24. The molecule has 1 aromatic heterocycles. The van der Waals surface area contributed by atoms with E-state index >= 15 is 0 Å². The normalized spacial score (nSPS) is 9.93. The van der Waals surface area contributed by atoms with Crippen molar-refractivity contribution in [2.75, 3.05) is 12.3 Å². The Morgan fingerprint density at radius 3 is 2.93 bits per heavy atom. The number of pyridine rings is 1. The molecule has 4 heteroatoms. The molecule has 0 fully saturated rings. The maximum absolute atomic E-state index is 11.5. The molecule has 0 spiro atoms. The van der Waals surface area contributed by atoms with E-state index in [1.165, 1.54) is 0 Å². The van der Waals surface area contributed by atoms with Crippen LogP contribution >= 0.6 is 0 Å². The largest absolute Gasteiger partial charge is 0.384 e. The molecule has 4 nitrogen and oxygen atoms in total. The average Bonchev–Trinajstić information content (AvgIpc) is 2.24. The number of carbonyl (C=O) groups excluding carboxylic acids is 1. The van der Waals surface area contributed by atoms with Gasteiger partial charge in [-0.1, -0.05) is 25.8 Å². The van der Waals surface area contributed by atoms with Crippen molar-refractivity contribution >= 4 is 11.7 Å². The molecule has 0 radical (unpaired) electrons. The summed E-state index contributed by atoms with van der Waals surface area (Å²) < 4.78 is 0. The van der Waals surface area contributed by atoms with Crippen molar-refractivity contribution in [1.82, 2.24) is 10.3 Å². The second-order valence-corrected chi connectivity index (χ2v) is 3.41. The first-order valence-corrected chi connectivity index (χ1v) is 5.24. The number of amides is 1. The quantitative estimate of drug-likeness (QED) is 0.720. The summed E-state index contributed by atoms with van der Waals surface area (Å²) in [6, 6.07) is 5.04. The molecule has 15 heavy (non-hydrogen) atoms. The summed E-state index contributed by atoms with van der Waals surface area (Å²) >= 11 is 0. The Hall–Kier alpha value is -1.58. The molecule has 0 aromatic carbocycles. The van der Waals surface area contributed by atoms with Crippen molar-refractivity contribution in [1.29, 1.82) is 0 Å². The third-order valence-corrected chi connectivity index (χ3v) is 2.07. The number of unbranched alkanes of at least 4 members (excludes halogenated alkanes) is 2. The minimum atomic E-state index is -0.154. The number of aromatic nitrogens is 1. The fourth-order valence-corrected chi connectivity index (χ4v) is 1.25. The van der Waals surface area contributed by atoms with Crippen LogP contribution in [0.1, 0.15) is 36.7 Å². The highest BCUT2D eigenvalue weighted by molar-refractivity contribution is 5.92. The Balaban J connectivity index is 2.40. The number of hydrogen-bond donors (Lipinski definition) is 2. The highest BCUT2D eigenvalue weighted by Crippen LogP contribution is 2.00. The Kier molecular flexibility index (Phi) is 4.60. The standard InChI is InChI=1S/C11H17N3O/c1-2-3-4-8-13-11(15)9-6-5-7-10(12)14-9/h5-7H,2-4,8H2,1H3,(H2,12,14)(H,13,15). The van der Waals surface area contributed by atoms with Crippen molar-refractivity contribution in [3.05, 3.63) is 23.9 Å². The number of rotatable bonds is 5. The van der Waals surface area contributed by atoms with Crippen molar-refractivity contribution in [3.63, 3.8) is 0 Å². The molecule has 1 heterocycles. The van der Waals surface area contributed by atoms with E-state index < -0.39 is 0 Å². The van der Waals surface area contributed by atoms with E-state index in [-0.39, 0.29) is 5.91 Å². The molecule has 1 aromatic rings. The van der Waals surface area contributed by atoms with Crippen LogP contribution in [0.25, 0.3) is 0 Å². The van der Waals surface area contributed by atoms with Gasteiger partial charge in [0, 0.05) is 6.54 Å². The Bertz CT molecular complexity index is 325. The van der Waals surface area contributed by atoms with Crippen LogP contribution in [0.2, 0.25) is 0 Å². The van der Waals surface area contributed by atoms with Crippen LogP contribution in [0.4, 0.5) is 5.82 Å². The van der Waals surface area contributed by atoms with Crippen molar-refractivity contribution in [2.24, 2.45) is 0 Å². The zero-order chi connectivity index (χ0) is 11.1. The van der Waals surface area contributed by atoms with Gasteiger partial charge in [0.15, 0.2) is 0 Å². The van der Waals surface area contributed by atoms with Gasteiger partial charge in [0.25, 0.3) is 5.91 Å². The number of nitrogens with zero attached hydrogens (tertiary/aromatic N) is 1. The van der Waals surface area contributed by atoms with Crippen LogP contribution < -0.4 is 11.1 Å². The summed E-state index contributed by atoms with van der Waals surface area (Å²) in [5.74, 6) is 0.217. The van der Waals surface area contributed by atoms with Crippen molar-refractivity contribution in [2.45, 2.75) is 26.2 Å². The molecule has 0 saturated heterocycles. The van der Waals surface area contributed by atoms with Crippen LogP contribution in [0.15, 0.2) is 18.2 Å². The molecule has 1 amide bonds. The third kappa shape index (κ3) is 3.97. The van der Waals surface area contributed by atoms with Crippen LogP contribution in [0.5, 0.6) is 0 Å². The van der Waals surface area contributed by atoms with Gasteiger partial charge in [-0.05, 0) is 18.6 Å². The lowest BCUT2D eigenvalue weighted by Crippen LogP contribution is -2.25. The average molecular weight is 207 g/mol. The summed E-state index contributed by atoms with van der Waals surface area (Å²) in [4.78, 5) is 15.5.